The number of anilines is 1. The molecule has 0 unspecified atom stereocenters. The lowest BCUT2D eigenvalue weighted by Crippen LogP contribution is -2.31. The van der Waals surface area contributed by atoms with Gasteiger partial charge in [-0.2, -0.15) is 0 Å². The number of hydrogen-bond acceptors (Lipinski definition) is 5. The average molecular weight is 342 g/mol. The molecule has 0 fully saturated rings. The van der Waals surface area contributed by atoms with Gasteiger partial charge in [0.25, 0.3) is 0 Å². The van der Waals surface area contributed by atoms with Crippen LogP contribution in [0.25, 0.3) is 0 Å². The van der Waals surface area contributed by atoms with Crippen LogP contribution in [0.5, 0.6) is 0 Å². The molecule has 0 saturated heterocycles. The largest absolute Gasteiger partial charge is 0.382 e. The number of benzene rings is 1. The summed E-state index contributed by atoms with van der Waals surface area (Å²) in [6, 6.07) is 3.54. The summed E-state index contributed by atoms with van der Waals surface area (Å²) >= 11 is 0. The number of sulfone groups is 1. The van der Waals surface area contributed by atoms with Crippen molar-refractivity contribution in [2.24, 2.45) is 0 Å². The van der Waals surface area contributed by atoms with Crippen LogP contribution in [0.1, 0.15) is 24.5 Å². The van der Waals surface area contributed by atoms with Crippen LogP contribution in [0.2, 0.25) is 0 Å². The second-order valence-corrected chi connectivity index (χ2v) is 7.36. The SMILES string of the molecule is CCOCCCNC(=O)CNc1ccc(C)c(C)c1S(C)(=O)=O. The van der Waals surface area contributed by atoms with E-state index in [1.807, 2.05) is 19.9 Å². The van der Waals surface area contributed by atoms with Gasteiger partial charge < -0.3 is 15.4 Å². The minimum atomic E-state index is -3.37. The van der Waals surface area contributed by atoms with Crippen LogP contribution in [0, 0.1) is 13.8 Å². The molecule has 23 heavy (non-hydrogen) atoms. The predicted molar refractivity (Wildman–Crippen MR) is 91.6 cm³/mol. The molecule has 1 aromatic rings. The van der Waals surface area contributed by atoms with Gasteiger partial charge >= 0.3 is 0 Å². The third-order valence-corrected chi connectivity index (χ3v) is 4.75. The molecule has 1 aromatic carbocycles. The summed E-state index contributed by atoms with van der Waals surface area (Å²) < 4.78 is 29.2. The monoisotopic (exact) mass is 342 g/mol. The fourth-order valence-electron chi connectivity index (χ4n) is 2.19. The first-order chi connectivity index (χ1) is 10.8. The Morgan fingerprint density at radius 3 is 2.57 bits per heavy atom. The lowest BCUT2D eigenvalue weighted by molar-refractivity contribution is -0.119. The van der Waals surface area contributed by atoms with Gasteiger partial charge in [-0.3, -0.25) is 4.79 Å². The molecular weight excluding hydrogens is 316 g/mol. The molecule has 0 bridgehead atoms. The van der Waals surface area contributed by atoms with E-state index in [2.05, 4.69) is 10.6 Å². The number of aryl methyl sites for hydroxylation is 1. The number of ether oxygens (including phenoxy) is 1. The Morgan fingerprint density at radius 1 is 1.26 bits per heavy atom. The number of nitrogens with one attached hydrogen (secondary N) is 2. The smallest absolute Gasteiger partial charge is 0.239 e. The van der Waals surface area contributed by atoms with Crippen molar-refractivity contribution < 1.29 is 17.9 Å². The summed E-state index contributed by atoms with van der Waals surface area (Å²) in [7, 11) is -3.37. The van der Waals surface area contributed by atoms with Crippen molar-refractivity contribution in [3.63, 3.8) is 0 Å². The standard InChI is InChI=1S/C16H26N2O4S/c1-5-22-10-6-9-17-15(19)11-18-14-8-7-12(2)13(3)16(14)23(4,20)21/h7-8,18H,5-6,9-11H2,1-4H3,(H,17,19). The molecule has 7 heteroatoms. The Labute approximate surface area is 138 Å². The summed E-state index contributed by atoms with van der Waals surface area (Å²) in [6.07, 6.45) is 1.92. The fourth-order valence-corrected chi connectivity index (χ4v) is 3.45. The van der Waals surface area contributed by atoms with E-state index in [4.69, 9.17) is 4.74 Å². The Kier molecular flexibility index (Phi) is 7.51. The topological polar surface area (TPSA) is 84.5 Å². The van der Waals surface area contributed by atoms with Crippen LogP contribution in [-0.2, 0) is 19.4 Å². The van der Waals surface area contributed by atoms with E-state index in [1.54, 1.807) is 13.0 Å². The molecule has 0 spiro atoms. The first-order valence-corrected chi connectivity index (χ1v) is 9.55. The molecule has 1 amide bonds. The maximum atomic E-state index is 12.0. The molecule has 6 nitrogen and oxygen atoms in total. The van der Waals surface area contributed by atoms with Gasteiger partial charge in [0, 0.05) is 26.0 Å². The highest BCUT2D eigenvalue weighted by molar-refractivity contribution is 7.91. The van der Waals surface area contributed by atoms with Crippen LogP contribution < -0.4 is 10.6 Å². The summed E-state index contributed by atoms with van der Waals surface area (Å²) in [5.74, 6) is -0.181. The predicted octanol–water partition coefficient (Wildman–Crippen LogP) is 1.66. The van der Waals surface area contributed by atoms with E-state index in [-0.39, 0.29) is 17.3 Å². The second-order valence-electron chi connectivity index (χ2n) is 5.41. The molecule has 0 heterocycles. The van der Waals surface area contributed by atoms with Crippen molar-refractivity contribution in [2.75, 3.05) is 37.9 Å². The zero-order valence-corrected chi connectivity index (χ0v) is 15.0. The average Bonchev–Trinajstić information content (AvgIpc) is 2.46. The molecule has 0 aliphatic heterocycles. The van der Waals surface area contributed by atoms with Gasteiger partial charge in [-0.05, 0) is 44.4 Å². The zero-order valence-electron chi connectivity index (χ0n) is 14.2. The van der Waals surface area contributed by atoms with Gasteiger partial charge in [-0.25, -0.2) is 8.42 Å². The highest BCUT2D eigenvalue weighted by atomic mass is 32.2. The summed E-state index contributed by atoms with van der Waals surface area (Å²) in [4.78, 5) is 12.0. The third-order valence-electron chi connectivity index (χ3n) is 3.48. The Balaban J connectivity index is 2.65. The van der Waals surface area contributed by atoms with Crippen molar-refractivity contribution in [1.82, 2.24) is 5.32 Å². The summed E-state index contributed by atoms with van der Waals surface area (Å²) in [6.45, 7) is 7.39. The van der Waals surface area contributed by atoms with E-state index in [0.717, 1.165) is 12.0 Å². The van der Waals surface area contributed by atoms with Gasteiger partial charge in [-0.1, -0.05) is 6.07 Å². The number of hydrogen-bond donors (Lipinski definition) is 2. The van der Waals surface area contributed by atoms with Gasteiger partial charge in [0.05, 0.1) is 17.1 Å². The summed E-state index contributed by atoms with van der Waals surface area (Å²) in [5, 5.41) is 5.68. The van der Waals surface area contributed by atoms with Gasteiger partial charge in [0.2, 0.25) is 5.91 Å². The van der Waals surface area contributed by atoms with Crippen molar-refractivity contribution in [2.45, 2.75) is 32.1 Å². The van der Waals surface area contributed by atoms with Gasteiger partial charge in [0.15, 0.2) is 9.84 Å². The first-order valence-electron chi connectivity index (χ1n) is 7.66. The second kappa shape index (κ2) is 8.88. The Hall–Kier alpha value is -1.60. The molecule has 0 aliphatic rings. The lowest BCUT2D eigenvalue weighted by Gasteiger charge is -2.15. The molecule has 1 rings (SSSR count). The minimum absolute atomic E-state index is 0.0274. The van der Waals surface area contributed by atoms with E-state index >= 15 is 0 Å². The normalized spacial score (nSPS) is 11.3. The van der Waals surface area contributed by atoms with Gasteiger partial charge in [-0.15, -0.1) is 0 Å². The number of rotatable bonds is 9. The molecule has 0 aromatic heterocycles. The molecule has 0 atom stereocenters. The van der Waals surface area contributed by atoms with Crippen LogP contribution in [0.4, 0.5) is 5.69 Å². The third kappa shape index (κ3) is 6.19. The van der Waals surface area contributed by atoms with E-state index < -0.39 is 9.84 Å². The maximum Gasteiger partial charge on any atom is 0.239 e. The molecule has 0 aliphatic carbocycles. The van der Waals surface area contributed by atoms with Crippen LogP contribution in [0.3, 0.4) is 0 Å². The Morgan fingerprint density at radius 2 is 1.96 bits per heavy atom. The molecule has 0 radical (unpaired) electrons. The minimum Gasteiger partial charge on any atom is -0.382 e. The van der Waals surface area contributed by atoms with Crippen molar-refractivity contribution >= 4 is 21.4 Å². The van der Waals surface area contributed by atoms with Crippen LogP contribution in [0.15, 0.2) is 17.0 Å². The highest BCUT2D eigenvalue weighted by Crippen LogP contribution is 2.27. The molecule has 130 valence electrons. The Bertz CT molecular complexity index is 642. The van der Waals surface area contributed by atoms with Crippen molar-refractivity contribution in [3.05, 3.63) is 23.3 Å². The van der Waals surface area contributed by atoms with Crippen LogP contribution >= 0.6 is 0 Å². The van der Waals surface area contributed by atoms with Crippen molar-refractivity contribution in [1.29, 1.82) is 0 Å². The van der Waals surface area contributed by atoms with E-state index in [9.17, 15) is 13.2 Å². The zero-order chi connectivity index (χ0) is 17.5. The first kappa shape index (κ1) is 19.4. The molecular formula is C16H26N2O4S. The fraction of sp³-hybridized carbons (Fsp3) is 0.562. The molecule has 0 saturated carbocycles. The quantitative estimate of drug-likeness (QED) is 0.667. The number of carbonyl (C=O) groups is 1. The molecule has 2 N–H and O–H groups in total. The summed E-state index contributed by atoms with van der Waals surface area (Å²) in [5.41, 5.74) is 2.06. The number of amides is 1. The van der Waals surface area contributed by atoms with Gasteiger partial charge in [0.1, 0.15) is 0 Å². The van der Waals surface area contributed by atoms with E-state index in [1.165, 1.54) is 6.26 Å². The highest BCUT2D eigenvalue weighted by Gasteiger charge is 2.18. The van der Waals surface area contributed by atoms with Crippen molar-refractivity contribution in [3.8, 4) is 0 Å². The van der Waals surface area contributed by atoms with Crippen LogP contribution in [-0.4, -0.2) is 46.9 Å². The maximum absolute atomic E-state index is 12.0. The lowest BCUT2D eigenvalue weighted by atomic mass is 10.1. The number of carbonyl (C=O) groups excluding carboxylic acids is 1. The van der Waals surface area contributed by atoms with E-state index in [0.29, 0.717) is 31.0 Å².